The van der Waals surface area contributed by atoms with Crippen molar-refractivity contribution in [3.63, 3.8) is 0 Å². The first-order chi connectivity index (χ1) is 18.0. The lowest BCUT2D eigenvalue weighted by Gasteiger charge is -2.30. The van der Waals surface area contributed by atoms with Crippen LogP contribution < -0.4 is 16.0 Å². The zero-order valence-electron chi connectivity index (χ0n) is 21.3. The SMILES string of the molecule is CCOC(=O)C1=C(C)NC(C)=C(C(=O)OCC)C1c1cccc(NC(=O)Nc2ccccc2C(F)(F)F)c1. The fourth-order valence-electron chi connectivity index (χ4n) is 4.21. The van der Waals surface area contributed by atoms with Gasteiger partial charge in [-0.05, 0) is 57.5 Å². The molecule has 2 amide bonds. The van der Waals surface area contributed by atoms with Gasteiger partial charge in [-0.15, -0.1) is 0 Å². The van der Waals surface area contributed by atoms with Gasteiger partial charge in [-0.25, -0.2) is 14.4 Å². The number of allylic oxidation sites excluding steroid dienone is 2. The average Bonchev–Trinajstić information content (AvgIpc) is 2.83. The number of dihydropyridines is 1. The number of amides is 2. The van der Waals surface area contributed by atoms with Crippen molar-refractivity contribution in [3.05, 3.63) is 82.2 Å². The van der Waals surface area contributed by atoms with E-state index in [0.29, 0.717) is 17.0 Å². The zero-order chi connectivity index (χ0) is 28.0. The highest BCUT2D eigenvalue weighted by Crippen LogP contribution is 2.40. The summed E-state index contributed by atoms with van der Waals surface area (Å²) in [4.78, 5) is 38.5. The van der Waals surface area contributed by atoms with Crippen molar-refractivity contribution < 1.29 is 37.0 Å². The van der Waals surface area contributed by atoms with Crippen molar-refractivity contribution in [3.8, 4) is 0 Å². The molecule has 0 saturated carbocycles. The topological polar surface area (TPSA) is 106 Å². The Morgan fingerprint density at radius 1 is 0.868 bits per heavy atom. The van der Waals surface area contributed by atoms with E-state index in [1.165, 1.54) is 24.3 Å². The number of rotatable bonds is 7. The molecule has 0 aliphatic carbocycles. The molecule has 1 heterocycles. The molecule has 8 nitrogen and oxygen atoms in total. The van der Waals surface area contributed by atoms with E-state index in [9.17, 15) is 27.6 Å². The Morgan fingerprint density at radius 2 is 1.45 bits per heavy atom. The molecular weight excluding hydrogens is 503 g/mol. The third-order valence-electron chi connectivity index (χ3n) is 5.71. The summed E-state index contributed by atoms with van der Waals surface area (Å²) in [6.07, 6.45) is -4.65. The van der Waals surface area contributed by atoms with Crippen LogP contribution >= 0.6 is 0 Å². The number of urea groups is 1. The highest BCUT2D eigenvalue weighted by molar-refractivity contribution is 6.01. The minimum absolute atomic E-state index is 0.112. The van der Waals surface area contributed by atoms with Crippen LogP contribution in [0.3, 0.4) is 0 Å². The molecule has 2 aromatic carbocycles. The minimum atomic E-state index is -4.65. The van der Waals surface area contributed by atoms with Crippen molar-refractivity contribution >= 4 is 29.3 Å². The van der Waals surface area contributed by atoms with Crippen molar-refractivity contribution in [1.29, 1.82) is 0 Å². The van der Waals surface area contributed by atoms with Crippen molar-refractivity contribution in [2.45, 2.75) is 39.8 Å². The first kappa shape index (κ1) is 28.3. The second-order valence-electron chi connectivity index (χ2n) is 8.32. The van der Waals surface area contributed by atoms with Crippen molar-refractivity contribution in [2.24, 2.45) is 0 Å². The largest absolute Gasteiger partial charge is 0.463 e. The van der Waals surface area contributed by atoms with Gasteiger partial charge in [-0.2, -0.15) is 13.2 Å². The number of anilines is 2. The van der Waals surface area contributed by atoms with E-state index in [1.807, 2.05) is 0 Å². The monoisotopic (exact) mass is 531 g/mol. The Bertz CT molecular complexity index is 1260. The lowest BCUT2D eigenvalue weighted by atomic mass is 9.80. The molecule has 0 aromatic heterocycles. The number of benzene rings is 2. The van der Waals surface area contributed by atoms with E-state index in [1.54, 1.807) is 39.8 Å². The van der Waals surface area contributed by atoms with Gasteiger partial charge in [0.1, 0.15) is 0 Å². The molecule has 3 N–H and O–H groups in total. The molecule has 0 saturated heterocycles. The molecule has 0 fully saturated rings. The number of hydrogen-bond acceptors (Lipinski definition) is 6. The predicted molar refractivity (Wildman–Crippen MR) is 135 cm³/mol. The molecule has 1 aliphatic heterocycles. The van der Waals surface area contributed by atoms with Gasteiger partial charge in [0.15, 0.2) is 0 Å². The molecule has 0 spiro atoms. The van der Waals surface area contributed by atoms with Crippen LogP contribution in [0, 0.1) is 0 Å². The normalized spacial score (nSPS) is 14.1. The summed E-state index contributed by atoms with van der Waals surface area (Å²) in [5, 5.41) is 7.77. The summed E-state index contributed by atoms with van der Waals surface area (Å²) in [5.74, 6) is -2.14. The Hall–Kier alpha value is -4.28. The smallest absolute Gasteiger partial charge is 0.418 e. The van der Waals surface area contributed by atoms with E-state index < -0.39 is 41.3 Å². The summed E-state index contributed by atoms with van der Waals surface area (Å²) in [6.45, 7) is 6.90. The number of carbonyl (C=O) groups is 3. The highest BCUT2D eigenvalue weighted by atomic mass is 19.4. The van der Waals surface area contributed by atoms with E-state index in [0.717, 1.165) is 12.1 Å². The number of alkyl halides is 3. The van der Waals surface area contributed by atoms with Gasteiger partial charge in [-0.1, -0.05) is 24.3 Å². The number of carbonyl (C=O) groups excluding carboxylic acids is 3. The van der Waals surface area contributed by atoms with Crippen LogP contribution in [0.2, 0.25) is 0 Å². The van der Waals surface area contributed by atoms with Crippen LogP contribution in [0.5, 0.6) is 0 Å². The van der Waals surface area contributed by atoms with Crippen molar-refractivity contribution in [1.82, 2.24) is 5.32 Å². The van der Waals surface area contributed by atoms with Crippen LogP contribution in [0.25, 0.3) is 0 Å². The second kappa shape index (κ2) is 11.8. The third-order valence-corrected chi connectivity index (χ3v) is 5.71. The van der Waals surface area contributed by atoms with Crippen molar-refractivity contribution in [2.75, 3.05) is 23.8 Å². The molecule has 3 rings (SSSR count). The summed E-state index contributed by atoms with van der Waals surface area (Å²) >= 11 is 0. The molecule has 0 bridgehead atoms. The van der Waals surface area contributed by atoms with Crippen LogP contribution in [0.15, 0.2) is 71.1 Å². The van der Waals surface area contributed by atoms with Crippen LogP contribution in [-0.4, -0.2) is 31.2 Å². The number of hydrogen-bond donors (Lipinski definition) is 3. The van der Waals surface area contributed by atoms with Crippen LogP contribution in [0.1, 0.15) is 44.7 Å². The average molecular weight is 532 g/mol. The van der Waals surface area contributed by atoms with Gasteiger partial charge in [0.2, 0.25) is 0 Å². The fraction of sp³-hybridized carbons (Fsp3) is 0.296. The lowest BCUT2D eigenvalue weighted by Crippen LogP contribution is -2.32. The molecule has 0 atom stereocenters. The number of para-hydroxylation sites is 1. The summed E-state index contributed by atoms with van der Waals surface area (Å²) in [7, 11) is 0. The highest BCUT2D eigenvalue weighted by Gasteiger charge is 2.38. The van der Waals surface area contributed by atoms with E-state index in [-0.39, 0.29) is 30.0 Å². The quantitative estimate of drug-likeness (QED) is 0.395. The van der Waals surface area contributed by atoms with Gasteiger partial charge in [-0.3, -0.25) is 0 Å². The lowest BCUT2D eigenvalue weighted by molar-refractivity contribution is -0.140. The predicted octanol–water partition coefficient (Wildman–Crippen LogP) is 5.71. The molecule has 202 valence electrons. The molecule has 2 aromatic rings. The molecular formula is C27H28F3N3O5. The minimum Gasteiger partial charge on any atom is -0.463 e. The fourth-order valence-corrected chi connectivity index (χ4v) is 4.21. The summed E-state index contributed by atoms with van der Waals surface area (Å²) in [5.41, 5.74) is 0.658. The molecule has 0 radical (unpaired) electrons. The number of esters is 2. The Balaban J connectivity index is 1.97. The van der Waals surface area contributed by atoms with Gasteiger partial charge in [0.25, 0.3) is 0 Å². The first-order valence-corrected chi connectivity index (χ1v) is 11.8. The van der Waals surface area contributed by atoms with E-state index in [4.69, 9.17) is 9.47 Å². The molecule has 11 heteroatoms. The molecule has 0 unspecified atom stereocenters. The second-order valence-corrected chi connectivity index (χ2v) is 8.32. The maximum Gasteiger partial charge on any atom is 0.418 e. The van der Waals surface area contributed by atoms with Crippen LogP contribution in [0.4, 0.5) is 29.3 Å². The van der Waals surface area contributed by atoms with Gasteiger partial charge >= 0.3 is 24.1 Å². The zero-order valence-corrected chi connectivity index (χ0v) is 21.3. The standard InChI is InChI=1S/C27H28F3N3O5/c1-5-37-24(34)21-15(3)31-16(4)22(25(35)38-6-2)23(21)17-10-9-11-18(14-17)32-26(36)33-20-13-8-7-12-19(20)27(28,29)30/h7-14,23,31H,5-6H2,1-4H3,(H2,32,33,36). The maximum absolute atomic E-state index is 13.3. The molecule has 1 aliphatic rings. The van der Waals surface area contributed by atoms with Crippen LogP contribution in [-0.2, 0) is 25.2 Å². The first-order valence-electron chi connectivity index (χ1n) is 11.8. The van der Waals surface area contributed by atoms with E-state index >= 15 is 0 Å². The molecule has 38 heavy (non-hydrogen) atoms. The van der Waals surface area contributed by atoms with E-state index in [2.05, 4.69) is 16.0 Å². The Morgan fingerprint density at radius 3 is 2.00 bits per heavy atom. The third kappa shape index (κ3) is 6.34. The Labute approximate surface area is 217 Å². The van der Waals surface area contributed by atoms with Gasteiger partial charge < -0.3 is 25.4 Å². The number of ether oxygens (including phenoxy) is 2. The number of halogens is 3. The van der Waals surface area contributed by atoms with Gasteiger partial charge in [0, 0.05) is 17.1 Å². The van der Waals surface area contributed by atoms with Gasteiger partial charge in [0.05, 0.1) is 41.5 Å². The Kier molecular flexibility index (Phi) is 8.82. The number of nitrogens with one attached hydrogen (secondary N) is 3. The summed E-state index contributed by atoms with van der Waals surface area (Å²) < 4.78 is 50.4. The maximum atomic E-state index is 13.3. The summed E-state index contributed by atoms with van der Waals surface area (Å²) in [6, 6.07) is 10.0.